The molecule has 172 valence electrons. The van der Waals surface area contributed by atoms with Gasteiger partial charge in [-0.15, -0.1) is 0 Å². The molecule has 1 amide bonds. The minimum atomic E-state index is -1.07. The van der Waals surface area contributed by atoms with E-state index in [-0.39, 0.29) is 5.91 Å². The van der Waals surface area contributed by atoms with Crippen LogP contribution in [0.25, 0.3) is 6.08 Å². The summed E-state index contributed by atoms with van der Waals surface area (Å²) in [5.41, 5.74) is 1.82. The summed E-state index contributed by atoms with van der Waals surface area (Å²) in [6.45, 7) is 2.65. The highest BCUT2D eigenvalue weighted by Crippen LogP contribution is 2.34. The maximum Gasteiger partial charge on any atom is 0.341 e. The molecule has 2 aliphatic rings. The lowest BCUT2D eigenvalue weighted by atomic mass is 10.2. The lowest BCUT2D eigenvalue weighted by Crippen LogP contribution is -2.47. The molecule has 0 unspecified atom stereocenters. The average molecular weight is 488 g/mol. The minimum absolute atomic E-state index is 0.280. The number of nitrogens with zero attached hydrogens (tertiary/aromatic N) is 3. The second-order valence-electron chi connectivity index (χ2n) is 7.36. The SMILES string of the molecule is COc1cc(/C=C2\SC(N3CCN(c4cccc(Cl)c4)CC3)=NC2=O)ccc1OCC(=O)O. The molecule has 0 atom stereocenters. The molecule has 2 aliphatic heterocycles. The Labute approximate surface area is 200 Å². The van der Waals surface area contributed by atoms with E-state index in [1.54, 1.807) is 24.3 Å². The van der Waals surface area contributed by atoms with Gasteiger partial charge in [0, 0.05) is 36.9 Å². The van der Waals surface area contributed by atoms with E-state index in [1.807, 2.05) is 24.3 Å². The maximum atomic E-state index is 12.5. The number of aliphatic carboxylic acids is 1. The number of amidine groups is 1. The molecule has 8 nitrogen and oxygen atoms in total. The summed E-state index contributed by atoms with van der Waals surface area (Å²) in [4.78, 5) is 32.4. The summed E-state index contributed by atoms with van der Waals surface area (Å²) in [5, 5.41) is 10.2. The highest BCUT2D eigenvalue weighted by atomic mass is 35.5. The molecule has 2 aromatic rings. The number of piperazine rings is 1. The Morgan fingerprint density at radius 1 is 1.15 bits per heavy atom. The molecule has 0 bridgehead atoms. The van der Waals surface area contributed by atoms with E-state index in [9.17, 15) is 9.59 Å². The Morgan fingerprint density at radius 2 is 1.91 bits per heavy atom. The fraction of sp³-hybridized carbons (Fsp3) is 0.261. The minimum Gasteiger partial charge on any atom is -0.493 e. The predicted octanol–water partition coefficient (Wildman–Crippen LogP) is 3.60. The van der Waals surface area contributed by atoms with Crippen LogP contribution in [0.3, 0.4) is 0 Å². The third-order valence-corrected chi connectivity index (χ3v) is 6.45. The van der Waals surface area contributed by atoms with Crippen LogP contribution >= 0.6 is 23.4 Å². The largest absolute Gasteiger partial charge is 0.493 e. The van der Waals surface area contributed by atoms with E-state index in [0.717, 1.165) is 37.4 Å². The van der Waals surface area contributed by atoms with Gasteiger partial charge in [-0.05, 0) is 53.7 Å². The number of rotatable bonds is 6. The van der Waals surface area contributed by atoms with Crippen molar-refractivity contribution in [2.45, 2.75) is 0 Å². The lowest BCUT2D eigenvalue weighted by molar-refractivity contribution is -0.139. The van der Waals surface area contributed by atoms with E-state index in [2.05, 4.69) is 14.8 Å². The molecule has 0 aromatic heterocycles. The molecule has 0 spiro atoms. The first-order chi connectivity index (χ1) is 15.9. The maximum absolute atomic E-state index is 12.5. The monoisotopic (exact) mass is 487 g/mol. The summed E-state index contributed by atoms with van der Waals surface area (Å²) >= 11 is 7.46. The van der Waals surface area contributed by atoms with Crippen LogP contribution < -0.4 is 14.4 Å². The van der Waals surface area contributed by atoms with Gasteiger partial charge in [-0.3, -0.25) is 4.79 Å². The predicted molar refractivity (Wildman–Crippen MR) is 129 cm³/mol. The molecule has 33 heavy (non-hydrogen) atoms. The van der Waals surface area contributed by atoms with Gasteiger partial charge < -0.3 is 24.4 Å². The molecule has 2 aromatic carbocycles. The normalized spacial score (nSPS) is 17.3. The molecule has 2 heterocycles. The number of carbonyl (C=O) groups excluding carboxylic acids is 1. The van der Waals surface area contributed by atoms with E-state index >= 15 is 0 Å². The Balaban J connectivity index is 1.40. The van der Waals surface area contributed by atoms with Gasteiger partial charge in [-0.2, -0.15) is 4.99 Å². The number of hydrogen-bond acceptors (Lipinski definition) is 7. The van der Waals surface area contributed by atoms with Crippen LogP contribution in [0.2, 0.25) is 5.02 Å². The number of carbonyl (C=O) groups is 2. The fourth-order valence-electron chi connectivity index (χ4n) is 3.55. The highest BCUT2D eigenvalue weighted by Gasteiger charge is 2.28. The van der Waals surface area contributed by atoms with E-state index in [0.29, 0.717) is 26.6 Å². The Hall–Kier alpha value is -3.17. The third kappa shape index (κ3) is 5.61. The molecular weight excluding hydrogens is 466 g/mol. The van der Waals surface area contributed by atoms with Crippen LogP contribution in [0.5, 0.6) is 11.5 Å². The standard InChI is InChI=1S/C23H22ClN3O5S/c1-31-19-11-15(5-6-18(19)32-14-21(28)29)12-20-22(30)25-23(33-20)27-9-7-26(8-10-27)17-4-2-3-16(24)13-17/h2-6,11-13H,7-10,14H2,1H3,(H,28,29)/b20-12-. The fourth-order valence-corrected chi connectivity index (χ4v) is 4.70. The van der Waals surface area contributed by atoms with Gasteiger partial charge in [0.25, 0.3) is 5.91 Å². The van der Waals surface area contributed by atoms with Crippen LogP contribution in [0.1, 0.15) is 5.56 Å². The quantitative estimate of drug-likeness (QED) is 0.618. The zero-order chi connectivity index (χ0) is 23.4. The smallest absolute Gasteiger partial charge is 0.341 e. The number of benzene rings is 2. The zero-order valence-electron chi connectivity index (χ0n) is 17.9. The second-order valence-corrected chi connectivity index (χ2v) is 8.80. The van der Waals surface area contributed by atoms with Crippen LogP contribution in [-0.4, -0.2) is 66.9 Å². The topological polar surface area (TPSA) is 91.7 Å². The molecule has 0 radical (unpaired) electrons. The Kier molecular flexibility index (Phi) is 7.10. The molecule has 1 saturated heterocycles. The number of aliphatic imine (C=N–C) groups is 1. The van der Waals surface area contributed by atoms with E-state index in [4.69, 9.17) is 26.2 Å². The number of carboxylic acid groups (broad SMARTS) is 1. The second kappa shape index (κ2) is 10.2. The van der Waals surface area contributed by atoms with Crippen molar-refractivity contribution in [3.8, 4) is 11.5 Å². The first-order valence-corrected chi connectivity index (χ1v) is 11.4. The van der Waals surface area contributed by atoms with Crippen LogP contribution in [0.15, 0.2) is 52.4 Å². The number of hydrogen-bond donors (Lipinski definition) is 1. The third-order valence-electron chi connectivity index (χ3n) is 5.17. The van der Waals surface area contributed by atoms with Crippen molar-refractivity contribution in [3.05, 3.63) is 58.0 Å². The van der Waals surface area contributed by atoms with Crippen molar-refractivity contribution in [1.82, 2.24) is 4.90 Å². The molecule has 0 saturated carbocycles. The number of thioether (sulfide) groups is 1. The Morgan fingerprint density at radius 3 is 2.61 bits per heavy atom. The zero-order valence-corrected chi connectivity index (χ0v) is 19.4. The van der Waals surface area contributed by atoms with Crippen molar-refractivity contribution >= 4 is 52.2 Å². The summed E-state index contributed by atoms with van der Waals surface area (Å²) in [6, 6.07) is 12.8. The number of methoxy groups -OCH3 is 1. The molecule has 1 fully saturated rings. The molecule has 0 aliphatic carbocycles. The lowest BCUT2D eigenvalue weighted by Gasteiger charge is -2.36. The number of amides is 1. The molecule has 1 N–H and O–H groups in total. The van der Waals surface area contributed by atoms with Crippen LogP contribution in [0, 0.1) is 0 Å². The van der Waals surface area contributed by atoms with Crippen molar-refractivity contribution in [1.29, 1.82) is 0 Å². The summed E-state index contributed by atoms with van der Waals surface area (Å²) < 4.78 is 10.5. The summed E-state index contributed by atoms with van der Waals surface area (Å²) in [5.74, 6) is -0.645. The molecule has 4 rings (SSSR count). The highest BCUT2D eigenvalue weighted by molar-refractivity contribution is 8.18. The van der Waals surface area contributed by atoms with Gasteiger partial charge in [0.15, 0.2) is 23.3 Å². The van der Waals surface area contributed by atoms with Gasteiger partial charge in [0.2, 0.25) is 0 Å². The Bertz CT molecular complexity index is 1130. The van der Waals surface area contributed by atoms with Crippen molar-refractivity contribution in [3.63, 3.8) is 0 Å². The number of ether oxygens (including phenoxy) is 2. The van der Waals surface area contributed by atoms with Gasteiger partial charge >= 0.3 is 5.97 Å². The molecular formula is C23H22ClN3O5S. The van der Waals surface area contributed by atoms with Gasteiger partial charge in [-0.1, -0.05) is 23.7 Å². The van der Waals surface area contributed by atoms with E-state index in [1.165, 1.54) is 18.9 Å². The number of anilines is 1. The van der Waals surface area contributed by atoms with Gasteiger partial charge in [0.05, 0.1) is 12.0 Å². The summed E-state index contributed by atoms with van der Waals surface area (Å²) in [7, 11) is 1.47. The molecule has 10 heteroatoms. The van der Waals surface area contributed by atoms with Crippen LogP contribution in [-0.2, 0) is 9.59 Å². The van der Waals surface area contributed by atoms with Crippen molar-refractivity contribution in [2.24, 2.45) is 4.99 Å². The average Bonchev–Trinajstić information content (AvgIpc) is 3.18. The number of halogens is 1. The van der Waals surface area contributed by atoms with Crippen molar-refractivity contribution in [2.75, 3.05) is 44.8 Å². The van der Waals surface area contributed by atoms with Gasteiger partial charge in [0.1, 0.15) is 0 Å². The first kappa shape index (κ1) is 23.0. The van der Waals surface area contributed by atoms with Crippen molar-refractivity contribution < 1.29 is 24.2 Å². The van der Waals surface area contributed by atoms with E-state index < -0.39 is 12.6 Å². The number of carboxylic acids is 1. The summed E-state index contributed by atoms with van der Waals surface area (Å²) in [6.07, 6.45) is 1.75. The van der Waals surface area contributed by atoms with Gasteiger partial charge in [-0.25, -0.2) is 4.79 Å². The van der Waals surface area contributed by atoms with Crippen LogP contribution in [0.4, 0.5) is 5.69 Å². The first-order valence-electron chi connectivity index (χ1n) is 10.2.